The van der Waals surface area contributed by atoms with E-state index >= 15 is 0 Å². The molecule has 1 heterocycles. The third-order valence-corrected chi connectivity index (χ3v) is 5.87. The standard InChI is InChI=1S/C22H24N2OS/c1-25-20-9-5-8-19(14-20)23-22-24-21(15-26-22)18-12-10-17(11-13-18)16-6-3-2-4-7-16/h5,8-16H,2-4,6-7H2,1H3,(H,23,24). The van der Waals surface area contributed by atoms with Crippen molar-refractivity contribution in [1.82, 2.24) is 4.98 Å². The Morgan fingerprint density at radius 2 is 1.85 bits per heavy atom. The number of benzene rings is 2. The van der Waals surface area contributed by atoms with Gasteiger partial charge < -0.3 is 10.1 Å². The fraction of sp³-hybridized carbons (Fsp3) is 0.318. The van der Waals surface area contributed by atoms with E-state index in [1.165, 1.54) is 43.2 Å². The highest BCUT2D eigenvalue weighted by Crippen LogP contribution is 2.34. The lowest BCUT2D eigenvalue weighted by Crippen LogP contribution is -2.04. The van der Waals surface area contributed by atoms with Crippen molar-refractivity contribution in [2.45, 2.75) is 38.0 Å². The highest BCUT2D eigenvalue weighted by atomic mass is 32.1. The lowest BCUT2D eigenvalue weighted by molar-refractivity contribution is 0.415. The zero-order chi connectivity index (χ0) is 17.8. The number of anilines is 2. The van der Waals surface area contributed by atoms with Gasteiger partial charge in [0.1, 0.15) is 5.75 Å². The predicted octanol–water partition coefficient (Wildman–Crippen LogP) is 6.61. The molecule has 1 saturated carbocycles. The molecule has 3 nitrogen and oxygen atoms in total. The number of thiazole rings is 1. The molecule has 0 atom stereocenters. The Balaban J connectivity index is 1.47. The molecule has 4 rings (SSSR count). The summed E-state index contributed by atoms with van der Waals surface area (Å²) in [6.45, 7) is 0. The average molecular weight is 365 g/mol. The van der Waals surface area contributed by atoms with E-state index in [-0.39, 0.29) is 0 Å². The number of hydrogen-bond donors (Lipinski definition) is 1. The average Bonchev–Trinajstić information content (AvgIpc) is 3.17. The molecule has 1 aromatic heterocycles. The molecule has 0 aliphatic heterocycles. The largest absolute Gasteiger partial charge is 0.497 e. The number of nitrogens with one attached hydrogen (secondary N) is 1. The SMILES string of the molecule is COc1cccc(Nc2nc(-c3ccc(C4CCCCC4)cc3)cs2)c1. The van der Waals surface area contributed by atoms with Crippen molar-refractivity contribution in [3.05, 3.63) is 59.5 Å². The van der Waals surface area contributed by atoms with Crippen LogP contribution >= 0.6 is 11.3 Å². The summed E-state index contributed by atoms with van der Waals surface area (Å²) < 4.78 is 5.27. The van der Waals surface area contributed by atoms with E-state index in [0.29, 0.717) is 0 Å². The van der Waals surface area contributed by atoms with Gasteiger partial charge in [0.15, 0.2) is 5.13 Å². The molecule has 1 fully saturated rings. The van der Waals surface area contributed by atoms with E-state index in [4.69, 9.17) is 9.72 Å². The minimum Gasteiger partial charge on any atom is -0.497 e. The Morgan fingerprint density at radius 1 is 1.04 bits per heavy atom. The second-order valence-electron chi connectivity index (χ2n) is 6.85. The summed E-state index contributed by atoms with van der Waals surface area (Å²) in [5, 5.41) is 6.36. The Hall–Kier alpha value is -2.33. The molecular formula is C22H24N2OS. The number of methoxy groups -OCH3 is 1. The van der Waals surface area contributed by atoms with E-state index in [0.717, 1.165) is 28.2 Å². The maximum Gasteiger partial charge on any atom is 0.187 e. The molecule has 0 saturated heterocycles. The summed E-state index contributed by atoms with van der Waals surface area (Å²) >= 11 is 1.62. The fourth-order valence-corrected chi connectivity index (χ4v) is 4.39. The van der Waals surface area contributed by atoms with Crippen LogP contribution < -0.4 is 10.1 Å². The van der Waals surface area contributed by atoms with E-state index in [1.807, 2.05) is 24.3 Å². The number of ether oxygens (including phenoxy) is 1. The summed E-state index contributed by atoms with van der Waals surface area (Å²) in [5.41, 5.74) is 4.67. The van der Waals surface area contributed by atoms with E-state index in [2.05, 4.69) is 35.0 Å². The number of hydrogen-bond acceptors (Lipinski definition) is 4. The third kappa shape index (κ3) is 3.91. The van der Waals surface area contributed by atoms with Crippen molar-refractivity contribution < 1.29 is 4.74 Å². The second-order valence-corrected chi connectivity index (χ2v) is 7.71. The Bertz CT molecular complexity index is 851. The first-order valence-corrected chi connectivity index (χ1v) is 10.2. The first kappa shape index (κ1) is 17.1. The summed E-state index contributed by atoms with van der Waals surface area (Å²) in [6.07, 6.45) is 6.82. The zero-order valence-corrected chi connectivity index (χ0v) is 15.9. The van der Waals surface area contributed by atoms with Crippen molar-refractivity contribution >= 4 is 22.2 Å². The van der Waals surface area contributed by atoms with Gasteiger partial charge in [-0.25, -0.2) is 4.98 Å². The molecule has 4 heteroatoms. The Kier molecular flexibility index (Phi) is 5.21. The minimum atomic E-state index is 0.749. The van der Waals surface area contributed by atoms with Gasteiger partial charge in [0, 0.05) is 22.7 Å². The van der Waals surface area contributed by atoms with Crippen LogP contribution in [0.5, 0.6) is 5.75 Å². The number of rotatable bonds is 5. The third-order valence-electron chi connectivity index (χ3n) is 5.11. The van der Waals surface area contributed by atoms with E-state index in [9.17, 15) is 0 Å². The highest BCUT2D eigenvalue weighted by Gasteiger charge is 2.15. The maximum absolute atomic E-state index is 5.27. The van der Waals surface area contributed by atoms with Gasteiger partial charge in [-0.3, -0.25) is 0 Å². The van der Waals surface area contributed by atoms with Crippen LogP contribution in [0.25, 0.3) is 11.3 Å². The molecule has 26 heavy (non-hydrogen) atoms. The van der Waals surface area contributed by atoms with Crippen molar-refractivity contribution in [3.63, 3.8) is 0 Å². The molecule has 134 valence electrons. The summed E-state index contributed by atoms with van der Waals surface area (Å²) in [6, 6.07) is 16.9. The lowest BCUT2D eigenvalue weighted by atomic mass is 9.84. The molecule has 2 aromatic carbocycles. The van der Waals surface area contributed by atoms with Gasteiger partial charge in [0.25, 0.3) is 0 Å². The molecule has 0 spiro atoms. The van der Waals surface area contributed by atoms with Crippen LogP contribution in [0, 0.1) is 0 Å². The number of aromatic nitrogens is 1. The van der Waals surface area contributed by atoms with Crippen LogP contribution in [0.1, 0.15) is 43.6 Å². The van der Waals surface area contributed by atoms with Crippen molar-refractivity contribution in [3.8, 4) is 17.0 Å². The minimum absolute atomic E-state index is 0.749. The van der Waals surface area contributed by atoms with Gasteiger partial charge in [-0.1, -0.05) is 49.6 Å². The fourth-order valence-electron chi connectivity index (χ4n) is 3.65. The molecule has 0 unspecified atom stereocenters. The van der Waals surface area contributed by atoms with Crippen LogP contribution in [0.3, 0.4) is 0 Å². The van der Waals surface area contributed by atoms with Crippen molar-refractivity contribution in [1.29, 1.82) is 0 Å². The smallest absolute Gasteiger partial charge is 0.187 e. The monoisotopic (exact) mass is 364 g/mol. The lowest BCUT2D eigenvalue weighted by Gasteiger charge is -2.22. The quantitative estimate of drug-likeness (QED) is 0.553. The summed E-state index contributed by atoms with van der Waals surface area (Å²) in [4.78, 5) is 4.74. The molecule has 0 amide bonds. The van der Waals surface area contributed by atoms with Gasteiger partial charge in [0.2, 0.25) is 0 Å². The van der Waals surface area contributed by atoms with E-state index < -0.39 is 0 Å². The van der Waals surface area contributed by atoms with Gasteiger partial charge in [-0.05, 0) is 36.5 Å². The highest BCUT2D eigenvalue weighted by molar-refractivity contribution is 7.14. The summed E-state index contributed by atoms with van der Waals surface area (Å²) in [5.74, 6) is 1.59. The second kappa shape index (κ2) is 7.92. The maximum atomic E-state index is 5.27. The molecule has 0 bridgehead atoms. The van der Waals surface area contributed by atoms with Gasteiger partial charge in [-0.2, -0.15) is 0 Å². The first-order chi connectivity index (χ1) is 12.8. The normalized spacial score (nSPS) is 15.0. The summed E-state index contributed by atoms with van der Waals surface area (Å²) in [7, 11) is 1.68. The first-order valence-electron chi connectivity index (χ1n) is 9.29. The zero-order valence-electron chi connectivity index (χ0n) is 15.1. The Morgan fingerprint density at radius 3 is 2.62 bits per heavy atom. The molecule has 1 aliphatic rings. The van der Waals surface area contributed by atoms with Gasteiger partial charge >= 0.3 is 0 Å². The van der Waals surface area contributed by atoms with Crippen LogP contribution in [0.4, 0.5) is 10.8 Å². The van der Waals surface area contributed by atoms with Crippen LogP contribution in [-0.2, 0) is 0 Å². The van der Waals surface area contributed by atoms with Crippen LogP contribution in [0.15, 0.2) is 53.9 Å². The van der Waals surface area contributed by atoms with Crippen LogP contribution in [0.2, 0.25) is 0 Å². The number of nitrogens with zero attached hydrogens (tertiary/aromatic N) is 1. The van der Waals surface area contributed by atoms with E-state index in [1.54, 1.807) is 18.4 Å². The predicted molar refractivity (Wildman–Crippen MR) is 110 cm³/mol. The molecule has 1 aliphatic carbocycles. The van der Waals surface area contributed by atoms with Gasteiger partial charge in [-0.15, -0.1) is 11.3 Å². The van der Waals surface area contributed by atoms with Crippen molar-refractivity contribution in [2.75, 3.05) is 12.4 Å². The Labute approximate surface area is 159 Å². The van der Waals surface area contributed by atoms with Gasteiger partial charge in [0.05, 0.1) is 12.8 Å². The molecule has 1 N–H and O–H groups in total. The van der Waals surface area contributed by atoms with Crippen LogP contribution in [-0.4, -0.2) is 12.1 Å². The van der Waals surface area contributed by atoms with Crippen molar-refractivity contribution in [2.24, 2.45) is 0 Å². The molecule has 0 radical (unpaired) electrons. The molecule has 3 aromatic rings. The topological polar surface area (TPSA) is 34.1 Å². The molecular weight excluding hydrogens is 340 g/mol.